The van der Waals surface area contributed by atoms with E-state index in [0.29, 0.717) is 6.10 Å². The standard InChI is InChI=1S/C12H24N2O2/c1-10-3-4-12(16-10)11(9-15)14-7-2-5-13-6-8-14/h10-13,15H,2-9H2,1H3. The van der Waals surface area contributed by atoms with Gasteiger partial charge in [-0.05, 0) is 39.3 Å². The number of nitrogens with zero attached hydrogens (tertiary/aromatic N) is 1. The highest BCUT2D eigenvalue weighted by atomic mass is 16.5. The van der Waals surface area contributed by atoms with E-state index in [-0.39, 0.29) is 18.8 Å². The summed E-state index contributed by atoms with van der Waals surface area (Å²) in [5.74, 6) is 0. The van der Waals surface area contributed by atoms with E-state index in [1.54, 1.807) is 0 Å². The van der Waals surface area contributed by atoms with Gasteiger partial charge in [0.1, 0.15) is 0 Å². The van der Waals surface area contributed by atoms with Gasteiger partial charge in [-0.3, -0.25) is 4.90 Å². The predicted octanol–water partition coefficient (Wildman–Crippen LogP) is 0.210. The lowest BCUT2D eigenvalue weighted by atomic mass is 10.1. The molecule has 0 radical (unpaired) electrons. The van der Waals surface area contributed by atoms with Crippen LogP contribution in [-0.2, 0) is 4.74 Å². The maximum Gasteiger partial charge on any atom is 0.0757 e. The van der Waals surface area contributed by atoms with Crippen molar-refractivity contribution in [1.82, 2.24) is 10.2 Å². The number of hydrogen-bond donors (Lipinski definition) is 2. The van der Waals surface area contributed by atoms with E-state index in [0.717, 1.165) is 39.0 Å². The lowest BCUT2D eigenvalue weighted by Crippen LogP contribution is -2.47. The molecule has 0 aliphatic carbocycles. The molecule has 16 heavy (non-hydrogen) atoms. The molecule has 0 amide bonds. The van der Waals surface area contributed by atoms with Gasteiger partial charge in [0.25, 0.3) is 0 Å². The van der Waals surface area contributed by atoms with Crippen molar-refractivity contribution in [2.45, 2.75) is 44.4 Å². The average Bonchev–Trinajstić information content (AvgIpc) is 2.55. The van der Waals surface area contributed by atoms with E-state index in [2.05, 4.69) is 17.1 Å². The molecule has 2 saturated heterocycles. The van der Waals surface area contributed by atoms with Crippen molar-refractivity contribution in [2.75, 3.05) is 32.8 Å². The van der Waals surface area contributed by atoms with Crippen LogP contribution in [0.2, 0.25) is 0 Å². The third-order valence-electron chi connectivity index (χ3n) is 3.72. The van der Waals surface area contributed by atoms with Crippen molar-refractivity contribution >= 4 is 0 Å². The highest BCUT2D eigenvalue weighted by Crippen LogP contribution is 2.24. The van der Waals surface area contributed by atoms with Crippen LogP contribution in [-0.4, -0.2) is 61.0 Å². The topological polar surface area (TPSA) is 44.7 Å². The zero-order chi connectivity index (χ0) is 11.4. The van der Waals surface area contributed by atoms with Gasteiger partial charge in [-0.1, -0.05) is 0 Å². The summed E-state index contributed by atoms with van der Waals surface area (Å²) >= 11 is 0. The quantitative estimate of drug-likeness (QED) is 0.725. The van der Waals surface area contributed by atoms with E-state index in [9.17, 15) is 5.11 Å². The third kappa shape index (κ3) is 2.94. The van der Waals surface area contributed by atoms with Gasteiger partial charge in [-0.2, -0.15) is 0 Å². The molecular formula is C12H24N2O2. The van der Waals surface area contributed by atoms with Crippen LogP contribution in [0.3, 0.4) is 0 Å². The van der Waals surface area contributed by atoms with Crippen LogP contribution in [0.25, 0.3) is 0 Å². The molecular weight excluding hydrogens is 204 g/mol. The molecule has 4 nitrogen and oxygen atoms in total. The van der Waals surface area contributed by atoms with Crippen LogP contribution in [0.1, 0.15) is 26.2 Å². The molecule has 0 bridgehead atoms. The molecule has 0 aromatic rings. The molecule has 2 heterocycles. The fraction of sp³-hybridized carbons (Fsp3) is 1.00. The largest absolute Gasteiger partial charge is 0.395 e. The fourth-order valence-electron chi connectivity index (χ4n) is 2.78. The molecule has 0 saturated carbocycles. The first-order valence-corrected chi connectivity index (χ1v) is 6.52. The Hall–Kier alpha value is -0.160. The third-order valence-corrected chi connectivity index (χ3v) is 3.72. The van der Waals surface area contributed by atoms with Gasteiger partial charge in [-0.25, -0.2) is 0 Å². The maximum atomic E-state index is 9.57. The highest BCUT2D eigenvalue weighted by molar-refractivity contribution is 4.85. The minimum absolute atomic E-state index is 0.199. The second-order valence-electron chi connectivity index (χ2n) is 4.95. The van der Waals surface area contributed by atoms with Crippen molar-refractivity contribution in [3.63, 3.8) is 0 Å². The van der Waals surface area contributed by atoms with Crippen molar-refractivity contribution in [2.24, 2.45) is 0 Å². The van der Waals surface area contributed by atoms with Gasteiger partial charge in [-0.15, -0.1) is 0 Å². The van der Waals surface area contributed by atoms with Crippen LogP contribution in [0.5, 0.6) is 0 Å². The summed E-state index contributed by atoms with van der Waals surface area (Å²) in [4.78, 5) is 2.39. The second kappa shape index (κ2) is 5.96. The monoisotopic (exact) mass is 228 g/mol. The van der Waals surface area contributed by atoms with Gasteiger partial charge in [0.15, 0.2) is 0 Å². The van der Waals surface area contributed by atoms with Crippen LogP contribution in [0.4, 0.5) is 0 Å². The zero-order valence-electron chi connectivity index (χ0n) is 10.2. The normalized spacial score (nSPS) is 34.9. The summed E-state index contributed by atoms with van der Waals surface area (Å²) in [5, 5.41) is 13.0. The molecule has 2 rings (SSSR count). The number of hydrogen-bond acceptors (Lipinski definition) is 4. The number of nitrogens with one attached hydrogen (secondary N) is 1. The van der Waals surface area contributed by atoms with E-state index in [1.807, 2.05) is 0 Å². The Balaban J connectivity index is 1.92. The van der Waals surface area contributed by atoms with Gasteiger partial charge < -0.3 is 15.2 Å². The summed E-state index contributed by atoms with van der Waals surface area (Å²) in [7, 11) is 0. The number of aliphatic hydroxyl groups is 1. The molecule has 2 N–H and O–H groups in total. The SMILES string of the molecule is CC1CCC(C(CO)N2CCCNCC2)O1. The molecule has 3 atom stereocenters. The molecule has 94 valence electrons. The lowest BCUT2D eigenvalue weighted by molar-refractivity contribution is -0.0244. The first-order chi connectivity index (χ1) is 7.81. The number of aliphatic hydroxyl groups excluding tert-OH is 1. The number of rotatable bonds is 3. The van der Waals surface area contributed by atoms with Crippen molar-refractivity contribution in [3.8, 4) is 0 Å². The minimum Gasteiger partial charge on any atom is -0.395 e. The van der Waals surface area contributed by atoms with Gasteiger partial charge >= 0.3 is 0 Å². The Bertz CT molecular complexity index is 205. The first-order valence-electron chi connectivity index (χ1n) is 6.52. The van der Waals surface area contributed by atoms with Crippen molar-refractivity contribution < 1.29 is 9.84 Å². The van der Waals surface area contributed by atoms with Crippen molar-refractivity contribution in [1.29, 1.82) is 0 Å². The molecule has 0 aromatic heterocycles. The van der Waals surface area contributed by atoms with E-state index in [4.69, 9.17) is 4.74 Å². The second-order valence-corrected chi connectivity index (χ2v) is 4.95. The Labute approximate surface area is 98.0 Å². The lowest BCUT2D eigenvalue weighted by Gasteiger charge is -2.33. The first kappa shape index (κ1) is 12.3. The molecule has 2 aliphatic rings. The molecule has 2 fully saturated rings. The van der Waals surface area contributed by atoms with Crippen LogP contribution in [0.15, 0.2) is 0 Å². The van der Waals surface area contributed by atoms with Gasteiger partial charge in [0.2, 0.25) is 0 Å². The highest BCUT2D eigenvalue weighted by Gasteiger charge is 2.33. The maximum absolute atomic E-state index is 9.57. The summed E-state index contributed by atoms with van der Waals surface area (Å²) in [5.41, 5.74) is 0. The van der Waals surface area contributed by atoms with Crippen LogP contribution in [0, 0.1) is 0 Å². The average molecular weight is 228 g/mol. The Kier molecular flexibility index (Phi) is 4.58. The van der Waals surface area contributed by atoms with E-state index in [1.165, 1.54) is 6.42 Å². The zero-order valence-corrected chi connectivity index (χ0v) is 10.2. The molecule has 3 unspecified atom stereocenters. The minimum atomic E-state index is 0.199. The number of ether oxygens (including phenoxy) is 1. The molecule has 4 heteroatoms. The fourth-order valence-corrected chi connectivity index (χ4v) is 2.78. The van der Waals surface area contributed by atoms with Crippen LogP contribution >= 0.6 is 0 Å². The molecule has 0 aromatic carbocycles. The van der Waals surface area contributed by atoms with Gasteiger partial charge in [0.05, 0.1) is 24.9 Å². The Morgan fingerprint density at radius 2 is 2.25 bits per heavy atom. The summed E-state index contributed by atoms with van der Waals surface area (Å²) in [6, 6.07) is 0.199. The summed E-state index contributed by atoms with van der Waals surface area (Å²) in [6.45, 7) is 6.57. The summed E-state index contributed by atoms with van der Waals surface area (Å²) in [6.07, 6.45) is 3.99. The van der Waals surface area contributed by atoms with Gasteiger partial charge in [0, 0.05) is 13.1 Å². The smallest absolute Gasteiger partial charge is 0.0757 e. The van der Waals surface area contributed by atoms with E-state index < -0.39 is 0 Å². The van der Waals surface area contributed by atoms with Crippen LogP contribution < -0.4 is 5.32 Å². The Morgan fingerprint density at radius 1 is 1.38 bits per heavy atom. The van der Waals surface area contributed by atoms with E-state index >= 15 is 0 Å². The van der Waals surface area contributed by atoms with Crippen molar-refractivity contribution in [3.05, 3.63) is 0 Å². The molecule has 0 spiro atoms. The Morgan fingerprint density at radius 3 is 2.94 bits per heavy atom. The summed E-state index contributed by atoms with van der Waals surface area (Å²) < 4.78 is 5.89. The predicted molar refractivity (Wildman–Crippen MR) is 63.5 cm³/mol. The molecule has 2 aliphatic heterocycles.